The van der Waals surface area contributed by atoms with Crippen molar-refractivity contribution in [2.75, 3.05) is 0 Å². The molecule has 6 heteroatoms. The van der Waals surface area contributed by atoms with Gasteiger partial charge in [-0.25, -0.2) is 0 Å². The van der Waals surface area contributed by atoms with Gasteiger partial charge in [-0.2, -0.15) is 0 Å². The van der Waals surface area contributed by atoms with Crippen molar-refractivity contribution >= 4 is 40.5 Å². The number of hydrogen-bond donors (Lipinski definition) is 2. The number of carbonyl (C=O) groups is 1. The highest BCUT2D eigenvalue weighted by Crippen LogP contribution is 2.29. The summed E-state index contributed by atoms with van der Waals surface area (Å²) in [6, 6.07) is 14.9. The number of para-hydroxylation sites is 1. The Bertz CT molecular complexity index is 805. The van der Waals surface area contributed by atoms with E-state index in [-0.39, 0.29) is 11.1 Å². The van der Waals surface area contributed by atoms with Crippen LogP contribution in [0.2, 0.25) is 5.02 Å². The van der Waals surface area contributed by atoms with Crippen molar-refractivity contribution in [2.24, 2.45) is 0 Å². The number of hydrogen-bond acceptors (Lipinski definition) is 4. The number of amidine groups is 1. The fraction of sp³-hybridized carbons (Fsp3) is 0.0588. The van der Waals surface area contributed by atoms with Crippen LogP contribution < -0.4 is 10.1 Å². The van der Waals surface area contributed by atoms with Crippen molar-refractivity contribution in [3.63, 3.8) is 0 Å². The van der Waals surface area contributed by atoms with Crippen molar-refractivity contribution in [3.8, 4) is 5.75 Å². The van der Waals surface area contributed by atoms with Crippen LogP contribution >= 0.6 is 23.4 Å². The van der Waals surface area contributed by atoms with Crippen molar-refractivity contribution in [1.29, 1.82) is 5.41 Å². The van der Waals surface area contributed by atoms with E-state index >= 15 is 0 Å². The number of thioether (sulfide) groups is 1. The van der Waals surface area contributed by atoms with E-state index in [9.17, 15) is 4.79 Å². The van der Waals surface area contributed by atoms with Crippen molar-refractivity contribution in [3.05, 3.63) is 69.6 Å². The maximum Gasteiger partial charge on any atom is 0.264 e. The first-order valence-electron chi connectivity index (χ1n) is 6.87. The molecule has 0 bridgehead atoms. The van der Waals surface area contributed by atoms with Crippen LogP contribution in [0.3, 0.4) is 0 Å². The highest BCUT2D eigenvalue weighted by Gasteiger charge is 2.22. The summed E-state index contributed by atoms with van der Waals surface area (Å²) in [6.07, 6.45) is 1.73. The number of benzene rings is 2. The standard InChI is InChI=1S/C17H13ClN2O2S/c18-13-6-3-4-11(8-13)10-22-14-7-2-1-5-12(14)9-15-16(21)20-17(19)23-15/h1-9H,10H2,(H2,19,20,21)/b15-9-. The molecule has 2 N–H and O–H groups in total. The van der Waals surface area contributed by atoms with Crippen LogP contribution in [0, 0.1) is 5.41 Å². The summed E-state index contributed by atoms with van der Waals surface area (Å²) in [5, 5.41) is 10.7. The molecule has 116 valence electrons. The molecule has 23 heavy (non-hydrogen) atoms. The topological polar surface area (TPSA) is 62.2 Å². The van der Waals surface area contributed by atoms with Crippen LogP contribution in [0.4, 0.5) is 0 Å². The third-order valence-electron chi connectivity index (χ3n) is 3.15. The van der Waals surface area contributed by atoms with E-state index < -0.39 is 0 Å². The number of carbonyl (C=O) groups excluding carboxylic acids is 1. The molecule has 0 aliphatic carbocycles. The van der Waals surface area contributed by atoms with Gasteiger partial charge in [-0.3, -0.25) is 10.2 Å². The Kier molecular flexibility index (Phi) is 4.69. The summed E-state index contributed by atoms with van der Waals surface area (Å²) in [5.74, 6) is 0.413. The Hall–Kier alpha value is -2.24. The highest BCUT2D eigenvalue weighted by atomic mass is 35.5. The number of halogens is 1. The zero-order chi connectivity index (χ0) is 16.2. The van der Waals surface area contributed by atoms with Crippen LogP contribution in [-0.4, -0.2) is 11.1 Å². The molecule has 1 saturated heterocycles. The van der Waals surface area contributed by atoms with E-state index in [2.05, 4.69) is 5.32 Å². The first-order valence-corrected chi connectivity index (χ1v) is 8.07. The van der Waals surface area contributed by atoms with Gasteiger partial charge in [0.15, 0.2) is 5.17 Å². The second kappa shape index (κ2) is 6.89. The fourth-order valence-electron chi connectivity index (χ4n) is 2.10. The minimum Gasteiger partial charge on any atom is -0.488 e. The zero-order valence-electron chi connectivity index (χ0n) is 12.0. The second-order valence-corrected chi connectivity index (χ2v) is 6.34. The van der Waals surface area contributed by atoms with Crippen LogP contribution in [0.5, 0.6) is 5.75 Å². The molecule has 0 spiro atoms. The molecule has 1 aliphatic rings. The van der Waals surface area contributed by atoms with Gasteiger partial charge in [0.1, 0.15) is 12.4 Å². The first-order chi connectivity index (χ1) is 11.1. The molecule has 1 aliphatic heterocycles. The minimum absolute atomic E-state index is 0.138. The summed E-state index contributed by atoms with van der Waals surface area (Å²) in [5.41, 5.74) is 1.76. The molecule has 1 fully saturated rings. The Balaban J connectivity index is 1.80. The van der Waals surface area contributed by atoms with Crippen LogP contribution in [-0.2, 0) is 11.4 Å². The average molecular weight is 345 g/mol. The molecule has 1 heterocycles. The molecule has 0 aromatic heterocycles. The SMILES string of the molecule is N=C1NC(=O)/C(=C/c2ccccc2OCc2cccc(Cl)c2)S1. The normalized spacial score (nSPS) is 15.8. The molecule has 1 amide bonds. The quantitative estimate of drug-likeness (QED) is 0.822. The molecular formula is C17H13ClN2O2S. The van der Waals surface area contributed by atoms with Gasteiger partial charge in [-0.15, -0.1) is 0 Å². The maximum atomic E-state index is 11.7. The Morgan fingerprint density at radius 1 is 1.22 bits per heavy atom. The lowest BCUT2D eigenvalue weighted by atomic mass is 10.2. The monoisotopic (exact) mass is 344 g/mol. The molecule has 4 nitrogen and oxygen atoms in total. The van der Waals surface area contributed by atoms with Crippen LogP contribution in [0.15, 0.2) is 53.4 Å². The smallest absolute Gasteiger partial charge is 0.264 e. The Morgan fingerprint density at radius 3 is 2.78 bits per heavy atom. The number of amides is 1. The summed E-state index contributed by atoms with van der Waals surface area (Å²) in [7, 11) is 0. The zero-order valence-corrected chi connectivity index (χ0v) is 13.6. The minimum atomic E-state index is -0.260. The Morgan fingerprint density at radius 2 is 2.04 bits per heavy atom. The van der Waals surface area contributed by atoms with E-state index in [0.717, 1.165) is 22.9 Å². The lowest BCUT2D eigenvalue weighted by Gasteiger charge is -2.09. The molecule has 3 rings (SSSR count). The Labute approximate surface area is 143 Å². The summed E-state index contributed by atoms with van der Waals surface area (Å²) >= 11 is 7.07. The van der Waals surface area contributed by atoms with E-state index in [4.69, 9.17) is 21.7 Å². The number of ether oxygens (including phenoxy) is 1. The molecule has 2 aromatic rings. The van der Waals surface area contributed by atoms with Crippen molar-refractivity contribution < 1.29 is 9.53 Å². The van der Waals surface area contributed by atoms with Gasteiger partial charge in [-0.05, 0) is 41.6 Å². The van der Waals surface area contributed by atoms with E-state index in [1.165, 1.54) is 0 Å². The first kappa shape index (κ1) is 15.6. The van der Waals surface area contributed by atoms with Gasteiger partial charge in [0, 0.05) is 10.6 Å². The van der Waals surface area contributed by atoms with Gasteiger partial charge < -0.3 is 10.1 Å². The van der Waals surface area contributed by atoms with Crippen molar-refractivity contribution in [1.82, 2.24) is 5.32 Å². The fourth-order valence-corrected chi connectivity index (χ4v) is 3.01. The molecular weight excluding hydrogens is 332 g/mol. The predicted octanol–water partition coefficient (Wildman–Crippen LogP) is 4.06. The van der Waals surface area contributed by atoms with Gasteiger partial charge in [0.2, 0.25) is 0 Å². The van der Waals surface area contributed by atoms with E-state index in [1.54, 1.807) is 6.08 Å². The predicted molar refractivity (Wildman–Crippen MR) is 93.7 cm³/mol. The molecule has 2 aromatic carbocycles. The van der Waals surface area contributed by atoms with Gasteiger partial charge in [0.25, 0.3) is 5.91 Å². The molecule has 0 saturated carbocycles. The summed E-state index contributed by atoms with van der Waals surface area (Å²) in [4.78, 5) is 12.2. The average Bonchev–Trinajstić information content (AvgIpc) is 2.84. The van der Waals surface area contributed by atoms with Gasteiger partial charge in [0.05, 0.1) is 4.91 Å². The second-order valence-electron chi connectivity index (χ2n) is 4.85. The van der Waals surface area contributed by atoms with Crippen LogP contribution in [0.1, 0.15) is 11.1 Å². The van der Waals surface area contributed by atoms with E-state index in [0.29, 0.717) is 22.3 Å². The molecule has 0 unspecified atom stereocenters. The lowest BCUT2D eigenvalue weighted by Crippen LogP contribution is -2.18. The molecule has 0 atom stereocenters. The molecule has 0 radical (unpaired) electrons. The summed E-state index contributed by atoms with van der Waals surface area (Å²) < 4.78 is 5.85. The lowest BCUT2D eigenvalue weighted by molar-refractivity contribution is -0.115. The third kappa shape index (κ3) is 3.94. The van der Waals surface area contributed by atoms with Gasteiger partial charge >= 0.3 is 0 Å². The summed E-state index contributed by atoms with van der Waals surface area (Å²) in [6.45, 7) is 0.385. The highest BCUT2D eigenvalue weighted by molar-refractivity contribution is 8.18. The number of nitrogens with one attached hydrogen (secondary N) is 2. The van der Waals surface area contributed by atoms with Crippen LogP contribution in [0.25, 0.3) is 6.08 Å². The third-order valence-corrected chi connectivity index (χ3v) is 4.22. The van der Waals surface area contributed by atoms with Gasteiger partial charge in [-0.1, -0.05) is 41.9 Å². The van der Waals surface area contributed by atoms with Crippen molar-refractivity contribution in [2.45, 2.75) is 6.61 Å². The van der Waals surface area contributed by atoms with E-state index in [1.807, 2.05) is 48.5 Å². The number of rotatable bonds is 4. The largest absolute Gasteiger partial charge is 0.488 e. The maximum absolute atomic E-state index is 11.7.